The number of hydrogen-bond acceptors (Lipinski definition) is 3. The van der Waals surface area contributed by atoms with Gasteiger partial charge in [-0.25, -0.2) is 0 Å². The number of hydrogen-bond donors (Lipinski definition) is 2. The molecule has 15 heavy (non-hydrogen) atoms. The van der Waals surface area contributed by atoms with Gasteiger partial charge in [0.05, 0.1) is 11.6 Å². The summed E-state index contributed by atoms with van der Waals surface area (Å²) in [4.78, 5) is 11.7. The van der Waals surface area contributed by atoms with E-state index in [2.05, 4.69) is 5.32 Å². The highest BCUT2D eigenvalue weighted by atomic mass is 16.5. The van der Waals surface area contributed by atoms with E-state index < -0.39 is 6.04 Å². The van der Waals surface area contributed by atoms with Crippen LogP contribution in [0.3, 0.4) is 0 Å². The van der Waals surface area contributed by atoms with Crippen LogP contribution in [0.1, 0.15) is 34.6 Å². The van der Waals surface area contributed by atoms with Crippen molar-refractivity contribution in [3.8, 4) is 0 Å². The van der Waals surface area contributed by atoms with Gasteiger partial charge in [0.2, 0.25) is 5.91 Å². The summed E-state index contributed by atoms with van der Waals surface area (Å²) in [6.07, 6.45) is 0. The van der Waals surface area contributed by atoms with E-state index in [1.807, 2.05) is 34.6 Å². The molecular weight excluding hydrogens is 192 g/mol. The van der Waals surface area contributed by atoms with E-state index >= 15 is 0 Å². The first-order valence-corrected chi connectivity index (χ1v) is 5.18. The van der Waals surface area contributed by atoms with E-state index in [1.54, 1.807) is 7.11 Å². The highest BCUT2D eigenvalue weighted by Crippen LogP contribution is 2.17. The highest BCUT2D eigenvalue weighted by molar-refractivity contribution is 5.82. The summed E-state index contributed by atoms with van der Waals surface area (Å²) in [7, 11) is 1.62. The lowest BCUT2D eigenvalue weighted by molar-refractivity contribution is -0.125. The second-order valence-corrected chi connectivity index (χ2v) is 5.53. The van der Waals surface area contributed by atoms with Gasteiger partial charge in [-0.05, 0) is 19.3 Å². The molecule has 0 aromatic carbocycles. The lowest BCUT2D eigenvalue weighted by Crippen LogP contribution is -2.51. The van der Waals surface area contributed by atoms with Crippen LogP contribution in [0.2, 0.25) is 0 Å². The lowest BCUT2D eigenvalue weighted by atomic mass is 9.87. The van der Waals surface area contributed by atoms with Gasteiger partial charge in [0, 0.05) is 13.7 Å². The first-order chi connectivity index (χ1) is 6.60. The van der Waals surface area contributed by atoms with Crippen molar-refractivity contribution in [2.75, 3.05) is 13.7 Å². The SMILES string of the molecule is COC(C)(C)CNC(=O)[C@@H](N)C(C)(C)C. The summed E-state index contributed by atoms with van der Waals surface area (Å²) in [6, 6.07) is -0.495. The summed E-state index contributed by atoms with van der Waals surface area (Å²) >= 11 is 0. The van der Waals surface area contributed by atoms with E-state index in [1.165, 1.54) is 0 Å². The summed E-state index contributed by atoms with van der Waals surface area (Å²) in [6.45, 7) is 10.1. The van der Waals surface area contributed by atoms with Crippen LogP contribution in [-0.2, 0) is 9.53 Å². The Hall–Kier alpha value is -0.610. The molecule has 1 atom stereocenters. The topological polar surface area (TPSA) is 64.3 Å². The molecule has 0 aliphatic carbocycles. The predicted molar refractivity (Wildman–Crippen MR) is 61.5 cm³/mol. The Morgan fingerprint density at radius 2 is 1.80 bits per heavy atom. The molecule has 0 aliphatic rings. The number of nitrogens with one attached hydrogen (secondary N) is 1. The summed E-state index contributed by atoms with van der Waals surface area (Å²) in [5.74, 6) is -0.132. The molecular formula is C11H24N2O2. The van der Waals surface area contributed by atoms with Gasteiger partial charge >= 0.3 is 0 Å². The molecule has 0 heterocycles. The molecule has 0 aromatic rings. The fourth-order valence-corrected chi connectivity index (χ4v) is 0.875. The molecule has 0 bridgehead atoms. The molecule has 1 amide bonds. The predicted octanol–water partition coefficient (Wildman–Crippen LogP) is 0.901. The zero-order chi connectivity index (χ0) is 12.3. The summed E-state index contributed by atoms with van der Waals surface area (Å²) in [5.41, 5.74) is 5.24. The fraction of sp³-hybridized carbons (Fsp3) is 0.909. The third-order valence-electron chi connectivity index (χ3n) is 2.46. The van der Waals surface area contributed by atoms with Crippen LogP contribution in [0.5, 0.6) is 0 Å². The van der Waals surface area contributed by atoms with Crippen molar-refractivity contribution in [2.24, 2.45) is 11.1 Å². The van der Waals surface area contributed by atoms with Crippen LogP contribution in [0.25, 0.3) is 0 Å². The largest absolute Gasteiger partial charge is 0.377 e. The molecule has 0 aliphatic heterocycles. The molecule has 90 valence electrons. The lowest BCUT2D eigenvalue weighted by Gasteiger charge is -2.28. The van der Waals surface area contributed by atoms with Crippen LogP contribution in [0.4, 0.5) is 0 Å². The standard InChI is InChI=1S/C11H24N2O2/c1-10(2,3)8(12)9(14)13-7-11(4,5)15-6/h8H,7,12H2,1-6H3,(H,13,14)/t8-/m1/s1. The van der Waals surface area contributed by atoms with Crippen molar-refractivity contribution in [3.63, 3.8) is 0 Å². The maximum Gasteiger partial charge on any atom is 0.237 e. The Bertz CT molecular complexity index is 219. The molecule has 0 rings (SSSR count). The molecule has 3 N–H and O–H groups in total. The average molecular weight is 216 g/mol. The van der Waals surface area contributed by atoms with E-state index in [0.29, 0.717) is 6.54 Å². The molecule has 0 spiro atoms. The monoisotopic (exact) mass is 216 g/mol. The first kappa shape index (κ1) is 14.4. The average Bonchev–Trinajstić information content (AvgIpc) is 2.11. The zero-order valence-corrected chi connectivity index (χ0v) is 10.7. The second-order valence-electron chi connectivity index (χ2n) is 5.53. The Labute approximate surface area is 92.6 Å². The second kappa shape index (κ2) is 4.94. The Morgan fingerprint density at radius 3 is 2.13 bits per heavy atom. The van der Waals surface area contributed by atoms with E-state index in [0.717, 1.165) is 0 Å². The molecule has 0 saturated carbocycles. The van der Waals surface area contributed by atoms with E-state index in [9.17, 15) is 4.79 Å². The minimum absolute atomic E-state index is 0.132. The third kappa shape index (κ3) is 5.14. The molecule has 0 aromatic heterocycles. The minimum Gasteiger partial charge on any atom is -0.377 e. The van der Waals surface area contributed by atoms with Gasteiger partial charge in [0.25, 0.3) is 0 Å². The van der Waals surface area contributed by atoms with Gasteiger partial charge in [0.15, 0.2) is 0 Å². The van der Waals surface area contributed by atoms with Gasteiger partial charge in [-0.3, -0.25) is 4.79 Å². The molecule has 0 saturated heterocycles. The van der Waals surface area contributed by atoms with E-state index in [-0.39, 0.29) is 16.9 Å². The van der Waals surface area contributed by atoms with Crippen molar-refractivity contribution in [3.05, 3.63) is 0 Å². The van der Waals surface area contributed by atoms with Gasteiger partial charge in [-0.2, -0.15) is 0 Å². The molecule has 0 radical (unpaired) electrons. The molecule has 4 nitrogen and oxygen atoms in total. The molecule has 0 unspecified atom stereocenters. The van der Waals surface area contributed by atoms with Gasteiger partial charge in [0.1, 0.15) is 0 Å². The van der Waals surface area contributed by atoms with Crippen LogP contribution in [-0.4, -0.2) is 31.2 Å². The van der Waals surface area contributed by atoms with Crippen molar-refractivity contribution in [2.45, 2.75) is 46.3 Å². The number of amides is 1. The Balaban J connectivity index is 4.17. The highest BCUT2D eigenvalue weighted by Gasteiger charge is 2.28. The normalized spacial score (nSPS) is 14.9. The number of methoxy groups -OCH3 is 1. The zero-order valence-electron chi connectivity index (χ0n) is 10.7. The number of rotatable bonds is 4. The third-order valence-corrected chi connectivity index (χ3v) is 2.46. The van der Waals surface area contributed by atoms with Crippen LogP contribution < -0.4 is 11.1 Å². The Morgan fingerprint density at radius 1 is 1.33 bits per heavy atom. The smallest absolute Gasteiger partial charge is 0.237 e. The maximum absolute atomic E-state index is 11.7. The summed E-state index contributed by atoms with van der Waals surface area (Å²) < 4.78 is 5.20. The number of nitrogens with two attached hydrogens (primary N) is 1. The van der Waals surface area contributed by atoms with Crippen LogP contribution in [0.15, 0.2) is 0 Å². The van der Waals surface area contributed by atoms with Crippen molar-refractivity contribution in [1.29, 1.82) is 0 Å². The maximum atomic E-state index is 11.7. The number of ether oxygens (including phenoxy) is 1. The number of carbonyl (C=O) groups excluding carboxylic acids is 1. The number of carbonyl (C=O) groups is 1. The van der Waals surface area contributed by atoms with Crippen LogP contribution >= 0.6 is 0 Å². The first-order valence-electron chi connectivity index (χ1n) is 5.18. The quantitative estimate of drug-likeness (QED) is 0.734. The molecule has 4 heteroatoms. The van der Waals surface area contributed by atoms with Gasteiger partial charge in [-0.15, -0.1) is 0 Å². The van der Waals surface area contributed by atoms with Gasteiger partial charge in [-0.1, -0.05) is 20.8 Å². The summed E-state index contributed by atoms with van der Waals surface area (Å²) in [5, 5.41) is 2.79. The fourth-order valence-electron chi connectivity index (χ4n) is 0.875. The molecule has 0 fully saturated rings. The Kier molecular flexibility index (Phi) is 4.74. The minimum atomic E-state index is -0.495. The van der Waals surface area contributed by atoms with Crippen molar-refractivity contribution < 1.29 is 9.53 Å². The van der Waals surface area contributed by atoms with Gasteiger partial charge < -0.3 is 15.8 Å². The van der Waals surface area contributed by atoms with Crippen molar-refractivity contribution in [1.82, 2.24) is 5.32 Å². The van der Waals surface area contributed by atoms with E-state index in [4.69, 9.17) is 10.5 Å². The van der Waals surface area contributed by atoms with Crippen LogP contribution in [0, 0.1) is 5.41 Å². The van der Waals surface area contributed by atoms with Crippen molar-refractivity contribution >= 4 is 5.91 Å².